The third-order valence-corrected chi connectivity index (χ3v) is 5.04. The van der Waals surface area contributed by atoms with Crippen LogP contribution in [0.4, 0.5) is 5.69 Å². The molecule has 1 N–H and O–H groups in total. The zero-order valence-electron chi connectivity index (χ0n) is 10.0. The van der Waals surface area contributed by atoms with Crippen LogP contribution >= 0.6 is 0 Å². The molecule has 18 heavy (non-hydrogen) atoms. The number of pyridine rings is 1. The Morgan fingerprint density at radius 3 is 3.06 bits per heavy atom. The zero-order chi connectivity index (χ0) is 12.3. The van der Waals surface area contributed by atoms with Crippen molar-refractivity contribution in [1.82, 2.24) is 4.98 Å². The van der Waals surface area contributed by atoms with Crippen LogP contribution in [0.5, 0.6) is 0 Å². The Balaban J connectivity index is 1.72. The molecule has 2 aliphatic carbocycles. The number of anilines is 1. The van der Waals surface area contributed by atoms with Crippen molar-refractivity contribution < 1.29 is 5.11 Å². The smallest absolute Gasteiger partial charge is 0.142 e. The molecule has 1 saturated heterocycles. The second-order valence-corrected chi connectivity index (χ2v) is 5.80. The number of hydrogen-bond acceptors (Lipinski definition) is 4. The maximum absolute atomic E-state index is 10.3. The molecule has 0 amide bonds. The summed E-state index contributed by atoms with van der Waals surface area (Å²) >= 11 is 0. The van der Waals surface area contributed by atoms with Gasteiger partial charge in [-0.15, -0.1) is 0 Å². The van der Waals surface area contributed by atoms with Crippen LogP contribution in [0, 0.1) is 29.1 Å². The summed E-state index contributed by atoms with van der Waals surface area (Å²) in [5.74, 6) is 1.90. The molecule has 2 saturated carbocycles. The Morgan fingerprint density at radius 2 is 2.28 bits per heavy atom. The van der Waals surface area contributed by atoms with E-state index in [4.69, 9.17) is 5.26 Å². The van der Waals surface area contributed by atoms with Gasteiger partial charge in [0.1, 0.15) is 11.8 Å². The van der Waals surface area contributed by atoms with E-state index in [1.807, 2.05) is 12.1 Å². The number of fused-ring (bicyclic) bond motifs is 1. The van der Waals surface area contributed by atoms with Gasteiger partial charge >= 0.3 is 0 Å². The second kappa shape index (κ2) is 3.46. The van der Waals surface area contributed by atoms with Crippen molar-refractivity contribution in [2.75, 3.05) is 11.4 Å². The molecule has 4 heteroatoms. The number of hydrogen-bond donors (Lipinski definition) is 1. The fraction of sp³-hybridized carbons (Fsp3) is 0.571. The van der Waals surface area contributed by atoms with Gasteiger partial charge in [-0.2, -0.15) is 5.26 Å². The van der Waals surface area contributed by atoms with Gasteiger partial charge in [-0.25, -0.2) is 4.98 Å². The topological polar surface area (TPSA) is 60.2 Å². The van der Waals surface area contributed by atoms with Gasteiger partial charge in [-0.3, -0.25) is 0 Å². The van der Waals surface area contributed by atoms with E-state index in [1.54, 1.807) is 6.20 Å². The zero-order valence-corrected chi connectivity index (χ0v) is 10.0. The van der Waals surface area contributed by atoms with Crippen molar-refractivity contribution in [3.8, 4) is 6.07 Å². The Labute approximate surface area is 106 Å². The first-order valence-electron chi connectivity index (χ1n) is 6.59. The third-order valence-electron chi connectivity index (χ3n) is 5.04. The Kier molecular flexibility index (Phi) is 1.98. The molecule has 0 radical (unpaired) electrons. The third kappa shape index (κ3) is 1.20. The van der Waals surface area contributed by atoms with Crippen LogP contribution in [0.1, 0.15) is 18.5 Å². The summed E-state index contributed by atoms with van der Waals surface area (Å²) in [6.07, 6.45) is 3.86. The maximum atomic E-state index is 10.3. The number of rotatable bonds is 1. The molecule has 5 unspecified atom stereocenters. The van der Waals surface area contributed by atoms with E-state index in [9.17, 15) is 5.11 Å². The quantitative estimate of drug-likeness (QED) is 0.801. The van der Waals surface area contributed by atoms with Crippen molar-refractivity contribution in [3.63, 3.8) is 0 Å². The van der Waals surface area contributed by atoms with E-state index < -0.39 is 0 Å². The summed E-state index contributed by atoms with van der Waals surface area (Å²) in [6, 6.07) is 6.14. The highest BCUT2D eigenvalue weighted by molar-refractivity contribution is 5.52. The molecular weight excluding hydrogens is 226 g/mol. The summed E-state index contributed by atoms with van der Waals surface area (Å²) in [7, 11) is 0. The molecule has 3 fully saturated rings. The van der Waals surface area contributed by atoms with Crippen molar-refractivity contribution in [3.05, 3.63) is 24.0 Å². The molecule has 2 heterocycles. The Morgan fingerprint density at radius 1 is 1.39 bits per heavy atom. The molecule has 1 aliphatic heterocycles. The van der Waals surface area contributed by atoms with E-state index in [0.29, 0.717) is 17.5 Å². The lowest BCUT2D eigenvalue weighted by atomic mass is 9.88. The van der Waals surface area contributed by atoms with E-state index >= 15 is 0 Å². The van der Waals surface area contributed by atoms with Gasteiger partial charge in [-0.05, 0) is 42.7 Å². The average Bonchev–Trinajstić information content (AvgIpc) is 3.00. The Hall–Kier alpha value is -1.60. The van der Waals surface area contributed by atoms with E-state index in [1.165, 1.54) is 12.8 Å². The van der Waals surface area contributed by atoms with Crippen molar-refractivity contribution in [2.24, 2.45) is 17.8 Å². The largest absolute Gasteiger partial charge is 0.391 e. The van der Waals surface area contributed by atoms with Crippen LogP contribution < -0.4 is 4.90 Å². The van der Waals surface area contributed by atoms with Crippen molar-refractivity contribution in [1.29, 1.82) is 5.26 Å². The average molecular weight is 241 g/mol. The lowest BCUT2D eigenvalue weighted by molar-refractivity contribution is 0.0966. The molecule has 4 nitrogen and oxygen atoms in total. The fourth-order valence-corrected chi connectivity index (χ4v) is 4.37. The number of aliphatic hydroxyl groups is 1. The molecular formula is C14H15N3O. The molecule has 1 aromatic rings. The lowest BCUT2D eigenvalue weighted by Gasteiger charge is -2.30. The van der Waals surface area contributed by atoms with Crippen LogP contribution in [0.15, 0.2) is 18.3 Å². The van der Waals surface area contributed by atoms with Crippen molar-refractivity contribution >= 4 is 5.69 Å². The molecule has 5 atom stereocenters. The van der Waals surface area contributed by atoms with Crippen LogP contribution in [-0.4, -0.2) is 28.8 Å². The summed E-state index contributed by atoms with van der Waals surface area (Å²) < 4.78 is 0. The van der Waals surface area contributed by atoms with Gasteiger partial charge in [0.2, 0.25) is 0 Å². The monoisotopic (exact) mass is 241 g/mol. The molecule has 3 aliphatic rings. The minimum Gasteiger partial charge on any atom is -0.391 e. The molecule has 0 aromatic carbocycles. The van der Waals surface area contributed by atoms with Gasteiger partial charge in [0.25, 0.3) is 0 Å². The molecule has 2 bridgehead atoms. The molecule has 0 spiro atoms. The minimum atomic E-state index is -0.188. The second-order valence-electron chi connectivity index (χ2n) is 5.80. The first kappa shape index (κ1) is 10.3. The SMILES string of the molecule is N#Cc1cc(N2CC3CC4CC3C2C4O)ccn1. The summed E-state index contributed by atoms with van der Waals surface area (Å²) in [6.45, 7) is 1.03. The van der Waals surface area contributed by atoms with Gasteiger partial charge in [0.15, 0.2) is 0 Å². The summed E-state index contributed by atoms with van der Waals surface area (Å²) in [4.78, 5) is 6.31. The highest BCUT2D eigenvalue weighted by Gasteiger charge is 2.58. The van der Waals surface area contributed by atoms with Gasteiger partial charge in [0.05, 0.1) is 12.1 Å². The molecule has 4 rings (SSSR count). The Bertz CT molecular complexity index is 536. The first-order chi connectivity index (χ1) is 8.78. The first-order valence-corrected chi connectivity index (χ1v) is 6.59. The van der Waals surface area contributed by atoms with E-state index in [-0.39, 0.29) is 12.1 Å². The number of nitrogens with zero attached hydrogens (tertiary/aromatic N) is 3. The van der Waals surface area contributed by atoms with Crippen LogP contribution in [-0.2, 0) is 0 Å². The highest BCUT2D eigenvalue weighted by Crippen LogP contribution is 2.55. The molecule has 1 aromatic heterocycles. The predicted molar refractivity (Wildman–Crippen MR) is 65.8 cm³/mol. The molecule has 92 valence electrons. The van der Waals surface area contributed by atoms with E-state index in [2.05, 4.69) is 16.0 Å². The number of nitriles is 1. The number of aliphatic hydroxyl groups excluding tert-OH is 1. The summed E-state index contributed by atoms with van der Waals surface area (Å²) in [5.41, 5.74) is 1.50. The van der Waals surface area contributed by atoms with Gasteiger partial charge in [-0.1, -0.05) is 0 Å². The summed E-state index contributed by atoms with van der Waals surface area (Å²) in [5, 5.41) is 19.3. The van der Waals surface area contributed by atoms with Gasteiger partial charge in [0, 0.05) is 18.4 Å². The maximum Gasteiger partial charge on any atom is 0.142 e. The standard InChI is InChI=1S/C14H15N3O/c15-6-10-5-11(1-2-16-10)17-7-9-3-8-4-12(9)13(17)14(8)18/h1-2,5,8-9,12-14,18H,3-4,7H2. The van der Waals surface area contributed by atoms with Gasteiger partial charge < -0.3 is 10.0 Å². The van der Waals surface area contributed by atoms with Crippen LogP contribution in [0.25, 0.3) is 0 Å². The lowest BCUT2D eigenvalue weighted by Crippen LogP contribution is -2.40. The van der Waals surface area contributed by atoms with Crippen molar-refractivity contribution in [2.45, 2.75) is 25.0 Å². The highest BCUT2D eigenvalue weighted by atomic mass is 16.3. The predicted octanol–water partition coefficient (Wildman–Crippen LogP) is 1.16. The normalized spacial score (nSPS) is 40.2. The van der Waals surface area contributed by atoms with Crippen LogP contribution in [0.2, 0.25) is 0 Å². The van der Waals surface area contributed by atoms with Crippen LogP contribution in [0.3, 0.4) is 0 Å². The number of aromatic nitrogens is 1. The minimum absolute atomic E-state index is 0.188. The van der Waals surface area contributed by atoms with E-state index in [0.717, 1.165) is 18.2 Å². The fourth-order valence-electron chi connectivity index (χ4n) is 4.37.